The molecule has 4 aromatic heterocycles. The van der Waals surface area contributed by atoms with Crippen LogP contribution < -0.4 is 5.32 Å². The summed E-state index contributed by atoms with van der Waals surface area (Å²) < 4.78 is 5.47. The molecule has 11 heteroatoms. The number of carbonyl (C=O) groups is 1. The van der Waals surface area contributed by atoms with Crippen molar-refractivity contribution in [2.24, 2.45) is 17.8 Å². The van der Waals surface area contributed by atoms with Crippen molar-refractivity contribution >= 4 is 34.4 Å². The summed E-state index contributed by atoms with van der Waals surface area (Å²) in [6.07, 6.45) is 8.51. The van der Waals surface area contributed by atoms with Gasteiger partial charge < -0.3 is 14.8 Å². The topological polar surface area (TPSA) is 143 Å². The van der Waals surface area contributed by atoms with Crippen LogP contribution in [0.1, 0.15) is 25.7 Å². The second-order valence-corrected chi connectivity index (χ2v) is 9.07. The van der Waals surface area contributed by atoms with Crippen LogP contribution in [0.2, 0.25) is 5.02 Å². The van der Waals surface area contributed by atoms with Gasteiger partial charge in [-0.2, -0.15) is 5.10 Å². The Kier molecular flexibility index (Phi) is 4.75. The van der Waals surface area contributed by atoms with E-state index in [0.717, 1.165) is 25.7 Å². The molecule has 3 fully saturated rings. The zero-order valence-electron chi connectivity index (χ0n) is 17.4. The molecule has 4 heterocycles. The van der Waals surface area contributed by atoms with Crippen molar-refractivity contribution in [3.63, 3.8) is 0 Å². The summed E-state index contributed by atoms with van der Waals surface area (Å²) >= 11 is 6.15. The zero-order valence-corrected chi connectivity index (χ0v) is 18.2. The van der Waals surface area contributed by atoms with Crippen LogP contribution in [0.5, 0.6) is 0 Å². The van der Waals surface area contributed by atoms with Gasteiger partial charge in [0.2, 0.25) is 5.89 Å². The second-order valence-electron chi connectivity index (χ2n) is 8.63. The van der Waals surface area contributed by atoms with Crippen LogP contribution in [0.15, 0.2) is 35.2 Å². The molecule has 0 spiro atoms. The van der Waals surface area contributed by atoms with E-state index in [1.54, 1.807) is 18.3 Å². The Balaban J connectivity index is 1.45. The predicted octanol–water partition coefficient (Wildman–Crippen LogP) is 4.02. The first-order chi connectivity index (χ1) is 16.1. The number of hydrogen-bond donors (Lipinski definition) is 3. The molecule has 2 unspecified atom stereocenters. The molecule has 10 nitrogen and oxygen atoms in total. The van der Waals surface area contributed by atoms with Gasteiger partial charge in [0.25, 0.3) is 0 Å². The Hall–Kier alpha value is -3.53. The molecule has 33 heavy (non-hydrogen) atoms. The lowest BCUT2D eigenvalue weighted by molar-refractivity contribution is -0.148. The normalized spacial score (nSPS) is 24.3. The number of carboxylic acid groups (broad SMARTS) is 1. The Morgan fingerprint density at radius 3 is 2.73 bits per heavy atom. The number of aliphatic carboxylic acids is 1. The average molecular weight is 466 g/mol. The van der Waals surface area contributed by atoms with Crippen LogP contribution in [0.4, 0.5) is 5.82 Å². The number of fused-ring (bicyclic) bond motifs is 4. The van der Waals surface area contributed by atoms with Gasteiger partial charge >= 0.3 is 5.97 Å². The lowest BCUT2D eigenvalue weighted by atomic mass is 9.61. The van der Waals surface area contributed by atoms with E-state index in [1.165, 1.54) is 12.5 Å². The van der Waals surface area contributed by atoms with Crippen LogP contribution in [0, 0.1) is 17.8 Å². The van der Waals surface area contributed by atoms with E-state index in [-0.39, 0.29) is 17.9 Å². The number of aromatic amines is 1. The van der Waals surface area contributed by atoms with E-state index in [1.807, 2.05) is 0 Å². The van der Waals surface area contributed by atoms with Gasteiger partial charge in [-0.25, -0.2) is 19.9 Å². The van der Waals surface area contributed by atoms with Crippen LogP contribution in [-0.4, -0.2) is 47.3 Å². The lowest BCUT2D eigenvalue weighted by Crippen LogP contribution is -2.51. The van der Waals surface area contributed by atoms with Crippen LogP contribution in [0.3, 0.4) is 0 Å². The third-order valence-electron chi connectivity index (χ3n) is 6.79. The molecule has 2 atom stereocenters. The third-order valence-corrected chi connectivity index (χ3v) is 7.00. The minimum absolute atomic E-state index is 0.181. The standard InChI is InChI=1S/C22H20ClN7O3/c23-12-7-13-18(29-30-19(13)25-9-12)20-26-14(21-24-5-6-33-21)8-15(28-20)27-17-11-3-1-10(2-4-11)16(17)22(31)32/h5-11,16-17H,1-4H2,(H,31,32)(H,25,29,30)(H,26,27,28). The first-order valence-electron chi connectivity index (χ1n) is 10.8. The summed E-state index contributed by atoms with van der Waals surface area (Å²) in [6.45, 7) is 0. The summed E-state index contributed by atoms with van der Waals surface area (Å²) in [7, 11) is 0. The van der Waals surface area contributed by atoms with E-state index < -0.39 is 11.9 Å². The van der Waals surface area contributed by atoms with E-state index in [9.17, 15) is 9.90 Å². The molecule has 3 aliphatic rings. The fourth-order valence-corrected chi connectivity index (χ4v) is 5.48. The molecule has 0 amide bonds. The fraction of sp³-hybridized carbons (Fsp3) is 0.364. The van der Waals surface area contributed by atoms with Gasteiger partial charge in [0.05, 0.1) is 22.5 Å². The van der Waals surface area contributed by atoms with E-state index >= 15 is 0 Å². The number of pyridine rings is 1. The molecular formula is C22H20ClN7O3. The van der Waals surface area contributed by atoms with Gasteiger partial charge in [-0.05, 0) is 43.6 Å². The molecule has 3 N–H and O–H groups in total. The van der Waals surface area contributed by atoms with Gasteiger partial charge in [0.1, 0.15) is 23.5 Å². The lowest BCUT2D eigenvalue weighted by Gasteiger charge is -2.47. The summed E-state index contributed by atoms with van der Waals surface area (Å²) in [5, 5.41) is 21.7. The maximum Gasteiger partial charge on any atom is 0.308 e. The highest BCUT2D eigenvalue weighted by atomic mass is 35.5. The minimum atomic E-state index is -0.761. The molecule has 4 aromatic rings. The summed E-state index contributed by atoms with van der Waals surface area (Å²) in [6, 6.07) is 3.27. The predicted molar refractivity (Wildman–Crippen MR) is 119 cm³/mol. The van der Waals surface area contributed by atoms with E-state index in [2.05, 4.69) is 30.5 Å². The second kappa shape index (κ2) is 7.80. The molecule has 0 radical (unpaired) electrons. The van der Waals surface area contributed by atoms with E-state index in [4.69, 9.17) is 21.0 Å². The van der Waals surface area contributed by atoms with Gasteiger partial charge in [-0.3, -0.25) is 9.89 Å². The summed E-state index contributed by atoms with van der Waals surface area (Å²) in [4.78, 5) is 29.9. The van der Waals surface area contributed by atoms with Crippen LogP contribution >= 0.6 is 11.6 Å². The van der Waals surface area contributed by atoms with Crippen molar-refractivity contribution in [2.45, 2.75) is 31.7 Å². The van der Waals surface area contributed by atoms with Gasteiger partial charge in [0.15, 0.2) is 11.5 Å². The number of aromatic nitrogens is 6. The Bertz CT molecular complexity index is 1330. The number of anilines is 1. The van der Waals surface area contributed by atoms with Crippen molar-refractivity contribution in [3.05, 3.63) is 35.8 Å². The first kappa shape index (κ1) is 20.1. The van der Waals surface area contributed by atoms with Gasteiger partial charge in [-0.15, -0.1) is 0 Å². The number of oxazole rings is 1. The highest BCUT2D eigenvalue weighted by Crippen LogP contribution is 2.46. The molecule has 2 bridgehead atoms. The smallest absolute Gasteiger partial charge is 0.308 e. The number of nitrogens with one attached hydrogen (secondary N) is 2. The van der Waals surface area contributed by atoms with E-state index in [0.29, 0.717) is 45.0 Å². The van der Waals surface area contributed by atoms with Crippen molar-refractivity contribution < 1.29 is 14.3 Å². The number of carboxylic acids is 1. The Labute approximate surface area is 192 Å². The highest BCUT2D eigenvalue weighted by Gasteiger charge is 2.47. The molecule has 0 aliphatic heterocycles. The number of rotatable bonds is 5. The Morgan fingerprint density at radius 2 is 1.97 bits per heavy atom. The maximum atomic E-state index is 12.1. The van der Waals surface area contributed by atoms with Crippen molar-refractivity contribution in [3.8, 4) is 23.1 Å². The van der Waals surface area contributed by atoms with Crippen molar-refractivity contribution in [2.75, 3.05) is 5.32 Å². The van der Waals surface area contributed by atoms with Crippen LogP contribution in [0.25, 0.3) is 34.1 Å². The SMILES string of the molecule is O=C(O)C1C2CCC(CC2)C1Nc1cc(-c2ncco2)nc(-c2n[nH]c3ncc(Cl)cc23)n1. The largest absolute Gasteiger partial charge is 0.481 e. The van der Waals surface area contributed by atoms with Crippen molar-refractivity contribution in [1.29, 1.82) is 0 Å². The van der Waals surface area contributed by atoms with Gasteiger partial charge in [0, 0.05) is 18.3 Å². The van der Waals surface area contributed by atoms with Crippen molar-refractivity contribution in [1.82, 2.24) is 30.1 Å². The first-order valence-corrected chi connectivity index (χ1v) is 11.2. The Morgan fingerprint density at radius 1 is 1.15 bits per heavy atom. The third kappa shape index (κ3) is 3.50. The molecule has 7 rings (SSSR count). The molecular weight excluding hydrogens is 446 g/mol. The monoisotopic (exact) mass is 465 g/mol. The molecule has 0 aromatic carbocycles. The summed E-state index contributed by atoms with van der Waals surface area (Å²) in [5.74, 6) is 0.422. The maximum absolute atomic E-state index is 12.1. The molecule has 0 saturated heterocycles. The molecule has 168 valence electrons. The minimum Gasteiger partial charge on any atom is -0.481 e. The number of H-pyrrole nitrogens is 1. The van der Waals surface area contributed by atoms with Crippen LogP contribution in [-0.2, 0) is 4.79 Å². The quantitative estimate of drug-likeness (QED) is 0.398. The average Bonchev–Trinajstić information content (AvgIpc) is 3.49. The number of hydrogen-bond acceptors (Lipinski definition) is 8. The molecule has 3 saturated carbocycles. The number of halogens is 1. The number of nitrogens with zero attached hydrogens (tertiary/aromatic N) is 5. The zero-order chi connectivity index (χ0) is 22.5. The summed E-state index contributed by atoms with van der Waals surface area (Å²) in [5.41, 5.74) is 1.51. The highest BCUT2D eigenvalue weighted by molar-refractivity contribution is 6.31. The fourth-order valence-electron chi connectivity index (χ4n) is 5.32. The molecule has 3 aliphatic carbocycles. The van der Waals surface area contributed by atoms with Gasteiger partial charge in [-0.1, -0.05) is 11.6 Å².